The Morgan fingerprint density at radius 3 is 2.69 bits per heavy atom. The fourth-order valence-corrected chi connectivity index (χ4v) is 4.41. The number of nitrogens with zero attached hydrogens (tertiary/aromatic N) is 4. The maximum Gasteiger partial charge on any atom is 0.306 e. The zero-order valence-corrected chi connectivity index (χ0v) is 18.3. The number of benzene rings is 2. The molecule has 0 unspecified atom stereocenters. The molecule has 0 bridgehead atoms. The molecule has 4 rings (SSSR count). The first-order valence-corrected chi connectivity index (χ1v) is 10.6. The van der Waals surface area contributed by atoms with Gasteiger partial charge < -0.3 is 20.5 Å². The number of nitriles is 1. The monoisotopic (exact) mass is 451 g/mol. The third-order valence-corrected chi connectivity index (χ3v) is 6.19. The fraction of sp³-hybridized carbons (Fsp3) is 0.304. The maximum atomic E-state index is 11.3. The van der Waals surface area contributed by atoms with Crippen LogP contribution in [0.3, 0.4) is 0 Å². The summed E-state index contributed by atoms with van der Waals surface area (Å²) in [5.74, 6) is 0.117. The molecule has 9 heteroatoms. The molecule has 1 aliphatic heterocycles. The summed E-state index contributed by atoms with van der Waals surface area (Å²) >= 11 is 6.28. The molecule has 8 nitrogen and oxygen atoms in total. The van der Waals surface area contributed by atoms with Crippen LogP contribution in [0.1, 0.15) is 29.7 Å². The topological polar surface area (TPSA) is 125 Å². The van der Waals surface area contributed by atoms with Gasteiger partial charge in [0.2, 0.25) is 0 Å². The van der Waals surface area contributed by atoms with Gasteiger partial charge in [-0.3, -0.25) is 4.79 Å². The summed E-state index contributed by atoms with van der Waals surface area (Å²) in [6, 6.07) is 11.1. The van der Waals surface area contributed by atoms with Gasteiger partial charge in [0, 0.05) is 30.3 Å². The van der Waals surface area contributed by atoms with Crippen LogP contribution < -0.4 is 15.4 Å². The number of halogens is 1. The second-order valence-electron chi connectivity index (χ2n) is 7.78. The number of rotatable bonds is 5. The standard InChI is InChI=1S/C23H22ClN5O3/c1-32-19-5-2-13(10-17(19)24)11-18-20-16(4-3-15(12-25)21(20)26)22(28-27-18)29-8-6-14(7-9-29)23(30)31/h2-5,10,14H,6-9,11,26H2,1H3,(H,30,31). The molecule has 0 aliphatic carbocycles. The van der Waals surface area contributed by atoms with Gasteiger partial charge in [0.25, 0.3) is 0 Å². The van der Waals surface area contributed by atoms with Crippen molar-refractivity contribution in [3.63, 3.8) is 0 Å². The lowest BCUT2D eigenvalue weighted by atomic mass is 9.96. The number of methoxy groups -OCH3 is 1. The first kappa shape index (κ1) is 21.7. The Bertz CT molecular complexity index is 1230. The van der Waals surface area contributed by atoms with Crippen molar-refractivity contribution in [2.45, 2.75) is 19.3 Å². The Morgan fingerprint density at radius 1 is 1.31 bits per heavy atom. The van der Waals surface area contributed by atoms with Gasteiger partial charge in [-0.2, -0.15) is 10.4 Å². The number of carboxylic acids is 1. The zero-order valence-electron chi connectivity index (χ0n) is 17.5. The number of ether oxygens (including phenoxy) is 1. The molecule has 2 heterocycles. The average molecular weight is 452 g/mol. The lowest BCUT2D eigenvalue weighted by Gasteiger charge is -2.31. The smallest absolute Gasteiger partial charge is 0.306 e. The Hall–Kier alpha value is -3.57. The largest absolute Gasteiger partial charge is 0.495 e. The van der Waals surface area contributed by atoms with Gasteiger partial charge in [-0.05, 0) is 42.7 Å². The summed E-state index contributed by atoms with van der Waals surface area (Å²) < 4.78 is 5.22. The van der Waals surface area contributed by atoms with Crippen LogP contribution in [0, 0.1) is 17.2 Å². The second kappa shape index (κ2) is 8.89. The van der Waals surface area contributed by atoms with Gasteiger partial charge in [-0.15, -0.1) is 5.10 Å². The van der Waals surface area contributed by atoms with Crippen molar-refractivity contribution < 1.29 is 14.6 Å². The number of fused-ring (bicyclic) bond motifs is 1. The van der Waals surface area contributed by atoms with E-state index in [2.05, 4.69) is 16.3 Å². The van der Waals surface area contributed by atoms with Crippen molar-refractivity contribution in [3.8, 4) is 11.8 Å². The van der Waals surface area contributed by atoms with Crippen LogP contribution >= 0.6 is 11.6 Å². The molecule has 3 aromatic rings. The summed E-state index contributed by atoms with van der Waals surface area (Å²) in [6.07, 6.45) is 1.50. The third kappa shape index (κ3) is 3.99. The molecule has 1 fully saturated rings. The van der Waals surface area contributed by atoms with Gasteiger partial charge in [0.15, 0.2) is 5.82 Å². The van der Waals surface area contributed by atoms with Gasteiger partial charge in [-0.1, -0.05) is 17.7 Å². The normalized spacial score (nSPS) is 14.3. The maximum absolute atomic E-state index is 11.3. The van der Waals surface area contributed by atoms with E-state index >= 15 is 0 Å². The van der Waals surface area contributed by atoms with E-state index in [1.807, 2.05) is 23.1 Å². The molecule has 0 amide bonds. The van der Waals surface area contributed by atoms with E-state index in [4.69, 9.17) is 22.1 Å². The predicted octanol–water partition coefficient (Wildman–Crippen LogP) is 3.64. The van der Waals surface area contributed by atoms with E-state index in [1.165, 1.54) is 0 Å². The Balaban J connectivity index is 1.76. The fourth-order valence-electron chi connectivity index (χ4n) is 4.13. The number of hydrogen-bond donors (Lipinski definition) is 2. The summed E-state index contributed by atoms with van der Waals surface area (Å²) in [5.41, 5.74) is 8.66. The van der Waals surface area contributed by atoms with Gasteiger partial charge in [-0.25, -0.2) is 0 Å². The number of carbonyl (C=O) groups is 1. The number of aromatic nitrogens is 2. The van der Waals surface area contributed by atoms with Crippen molar-refractivity contribution in [3.05, 3.63) is 52.2 Å². The number of nitrogen functional groups attached to an aromatic ring is 1. The quantitative estimate of drug-likeness (QED) is 0.563. The van der Waals surface area contributed by atoms with Gasteiger partial charge in [0.05, 0.1) is 35.0 Å². The van der Waals surface area contributed by atoms with Crippen molar-refractivity contribution in [1.29, 1.82) is 5.26 Å². The highest BCUT2D eigenvalue weighted by atomic mass is 35.5. The van der Waals surface area contributed by atoms with Crippen LogP contribution in [0.15, 0.2) is 30.3 Å². The number of aliphatic carboxylic acids is 1. The number of anilines is 2. The minimum absolute atomic E-state index is 0.347. The van der Waals surface area contributed by atoms with E-state index in [1.54, 1.807) is 19.2 Å². The molecular weight excluding hydrogens is 430 g/mol. The van der Waals surface area contributed by atoms with E-state index < -0.39 is 5.97 Å². The number of nitrogens with two attached hydrogens (primary N) is 1. The lowest BCUT2D eigenvalue weighted by molar-refractivity contribution is -0.142. The molecule has 1 aromatic heterocycles. The third-order valence-electron chi connectivity index (χ3n) is 5.89. The minimum Gasteiger partial charge on any atom is -0.495 e. The van der Waals surface area contributed by atoms with E-state index in [9.17, 15) is 15.2 Å². The first-order chi connectivity index (χ1) is 15.4. The lowest BCUT2D eigenvalue weighted by Crippen LogP contribution is -2.37. The Morgan fingerprint density at radius 2 is 2.06 bits per heavy atom. The Kier molecular flexibility index (Phi) is 6.01. The van der Waals surface area contributed by atoms with E-state index in [0.717, 1.165) is 10.9 Å². The molecule has 3 N–H and O–H groups in total. The van der Waals surface area contributed by atoms with Crippen LogP contribution in [-0.4, -0.2) is 41.5 Å². The predicted molar refractivity (Wildman–Crippen MR) is 122 cm³/mol. The highest BCUT2D eigenvalue weighted by molar-refractivity contribution is 6.32. The summed E-state index contributed by atoms with van der Waals surface area (Å²) in [7, 11) is 1.56. The van der Waals surface area contributed by atoms with Crippen molar-refractivity contribution in [2.24, 2.45) is 5.92 Å². The molecule has 1 aliphatic rings. The van der Waals surface area contributed by atoms with Crippen LogP contribution in [0.5, 0.6) is 5.75 Å². The van der Waals surface area contributed by atoms with Crippen molar-refractivity contribution >= 4 is 39.8 Å². The van der Waals surface area contributed by atoms with Crippen LogP contribution in [0.25, 0.3) is 10.8 Å². The highest BCUT2D eigenvalue weighted by Crippen LogP contribution is 2.35. The molecule has 2 aromatic carbocycles. The summed E-state index contributed by atoms with van der Waals surface area (Å²) in [5, 5.41) is 29.7. The average Bonchev–Trinajstić information content (AvgIpc) is 2.79. The zero-order chi connectivity index (χ0) is 22.8. The second-order valence-corrected chi connectivity index (χ2v) is 8.18. The molecule has 0 spiro atoms. The van der Waals surface area contributed by atoms with Gasteiger partial charge >= 0.3 is 5.97 Å². The number of carboxylic acid groups (broad SMARTS) is 1. The number of piperidine rings is 1. The van der Waals surface area contributed by atoms with Crippen LogP contribution in [0.4, 0.5) is 11.5 Å². The summed E-state index contributed by atoms with van der Waals surface area (Å²) in [6.45, 7) is 1.13. The molecular formula is C23H22ClN5O3. The van der Waals surface area contributed by atoms with Gasteiger partial charge in [0.1, 0.15) is 11.8 Å². The minimum atomic E-state index is -0.767. The highest BCUT2D eigenvalue weighted by Gasteiger charge is 2.27. The SMILES string of the molecule is COc1ccc(Cc2nnc(N3CCC(C(=O)O)CC3)c3ccc(C#N)c(N)c23)cc1Cl. The molecule has 1 saturated heterocycles. The van der Waals surface area contributed by atoms with Crippen LogP contribution in [0.2, 0.25) is 5.02 Å². The molecule has 0 saturated carbocycles. The van der Waals surface area contributed by atoms with Crippen molar-refractivity contribution in [2.75, 3.05) is 30.8 Å². The molecule has 0 radical (unpaired) electrons. The molecule has 164 valence electrons. The molecule has 32 heavy (non-hydrogen) atoms. The molecule has 0 atom stereocenters. The van der Waals surface area contributed by atoms with Crippen LogP contribution in [-0.2, 0) is 11.2 Å². The van der Waals surface area contributed by atoms with E-state index in [-0.39, 0.29) is 5.92 Å². The number of hydrogen-bond acceptors (Lipinski definition) is 7. The van der Waals surface area contributed by atoms with Crippen molar-refractivity contribution in [1.82, 2.24) is 10.2 Å². The first-order valence-electron chi connectivity index (χ1n) is 10.2. The summed E-state index contributed by atoms with van der Waals surface area (Å²) in [4.78, 5) is 13.3. The van der Waals surface area contributed by atoms with E-state index in [0.29, 0.717) is 71.3 Å². The Labute approximate surface area is 190 Å².